The molecular formula is C17H21NO4. The third-order valence-electron chi connectivity index (χ3n) is 4.15. The van der Waals surface area contributed by atoms with E-state index < -0.39 is 11.9 Å². The van der Waals surface area contributed by atoms with Crippen molar-refractivity contribution in [2.24, 2.45) is 5.92 Å². The molecule has 1 atom stereocenters. The zero-order valence-corrected chi connectivity index (χ0v) is 13.0. The van der Waals surface area contributed by atoms with E-state index in [1.165, 1.54) is 0 Å². The highest BCUT2D eigenvalue weighted by atomic mass is 16.4. The number of hydrogen-bond donors (Lipinski definition) is 1. The minimum absolute atomic E-state index is 0.0384. The fourth-order valence-electron chi connectivity index (χ4n) is 2.74. The van der Waals surface area contributed by atoms with E-state index >= 15 is 0 Å². The maximum absolute atomic E-state index is 12.2. The van der Waals surface area contributed by atoms with Crippen LogP contribution in [0.25, 0.3) is 0 Å². The van der Waals surface area contributed by atoms with Crippen LogP contribution in [0.3, 0.4) is 0 Å². The predicted octanol–water partition coefficient (Wildman–Crippen LogP) is 2.20. The van der Waals surface area contributed by atoms with Gasteiger partial charge in [0.1, 0.15) is 0 Å². The molecule has 22 heavy (non-hydrogen) atoms. The van der Waals surface area contributed by atoms with Crippen molar-refractivity contribution in [2.45, 2.75) is 33.1 Å². The molecule has 1 aromatic carbocycles. The summed E-state index contributed by atoms with van der Waals surface area (Å²) in [6, 6.07) is 5.70. The lowest BCUT2D eigenvalue weighted by atomic mass is 9.99. The number of carbonyl (C=O) groups excluding carboxylic acids is 2. The number of benzene rings is 1. The van der Waals surface area contributed by atoms with Crippen LogP contribution in [0.1, 0.15) is 40.7 Å². The second kappa shape index (κ2) is 6.73. The van der Waals surface area contributed by atoms with Gasteiger partial charge < -0.3 is 10.0 Å². The number of aliphatic carboxylic acids is 1. The van der Waals surface area contributed by atoms with Crippen LogP contribution in [-0.2, 0) is 9.59 Å². The number of carboxylic acids is 1. The molecule has 1 amide bonds. The van der Waals surface area contributed by atoms with E-state index in [0.717, 1.165) is 11.1 Å². The van der Waals surface area contributed by atoms with E-state index in [0.29, 0.717) is 18.5 Å². The van der Waals surface area contributed by atoms with Gasteiger partial charge in [-0.25, -0.2) is 0 Å². The van der Waals surface area contributed by atoms with E-state index in [-0.39, 0.29) is 31.1 Å². The van der Waals surface area contributed by atoms with Crippen molar-refractivity contribution in [1.82, 2.24) is 4.90 Å². The van der Waals surface area contributed by atoms with Gasteiger partial charge in [0.2, 0.25) is 5.91 Å². The Bertz CT molecular complexity index is 609. The third-order valence-corrected chi connectivity index (χ3v) is 4.15. The Morgan fingerprint density at radius 1 is 1.23 bits per heavy atom. The Morgan fingerprint density at radius 3 is 2.59 bits per heavy atom. The average molecular weight is 303 g/mol. The molecule has 0 aromatic heterocycles. The smallest absolute Gasteiger partial charge is 0.308 e. The average Bonchev–Trinajstić information content (AvgIpc) is 2.97. The van der Waals surface area contributed by atoms with Crippen LogP contribution >= 0.6 is 0 Å². The summed E-state index contributed by atoms with van der Waals surface area (Å²) >= 11 is 0. The predicted molar refractivity (Wildman–Crippen MR) is 81.8 cm³/mol. The van der Waals surface area contributed by atoms with Gasteiger partial charge in [0.05, 0.1) is 5.92 Å². The quantitative estimate of drug-likeness (QED) is 0.846. The molecule has 5 nitrogen and oxygen atoms in total. The summed E-state index contributed by atoms with van der Waals surface area (Å²) in [4.78, 5) is 36.8. The van der Waals surface area contributed by atoms with Gasteiger partial charge in [0.15, 0.2) is 5.78 Å². The fraction of sp³-hybridized carbons (Fsp3) is 0.471. The first-order chi connectivity index (χ1) is 10.4. The normalized spacial score (nSPS) is 17.5. The van der Waals surface area contributed by atoms with Crippen molar-refractivity contribution >= 4 is 17.7 Å². The van der Waals surface area contributed by atoms with E-state index in [1.54, 1.807) is 4.90 Å². The van der Waals surface area contributed by atoms with Crippen molar-refractivity contribution in [3.05, 3.63) is 34.9 Å². The van der Waals surface area contributed by atoms with Crippen LogP contribution in [0.15, 0.2) is 18.2 Å². The Labute approximate surface area is 129 Å². The Morgan fingerprint density at radius 2 is 1.95 bits per heavy atom. The number of aryl methyl sites for hydroxylation is 2. The molecule has 1 aliphatic heterocycles. The van der Waals surface area contributed by atoms with E-state index in [2.05, 4.69) is 0 Å². The van der Waals surface area contributed by atoms with Gasteiger partial charge in [0.25, 0.3) is 0 Å². The first kappa shape index (κ1) is 16.2. The van der Waals surface area contributed by atoms with Crippen LogP contribution in [0.2, 0.25) is 0 Å². The number of amides is 1. The van der Waals surface area contributed by atoms with Crippen LogP contribution < -0.4 is 0 Å². The summed E-state index contributed by atoms with van der Waals surface area (Å²) in [7, 11) is 0. The summed E-state index contributed by atoms with van der Waals surface area (Å²) in [5.74, 6) is -1.51. The van der Waals surface area contributed by atoms with Crippen molar-refractivity contribution in [2.75, 3.05) is 13.1 Å². The molecule has 1 unspecified atom stereocenters. The second-order valence-corrected chi connectivity index (χ2v) is 5.91. The number of hydrogen-bond acceptors (Lipinski definition) is 3. The fourth-order valence-corrected chi connectivity index (χ4v) is 2.74. The maximum atomic E-state index is 12.2. The van der Waals surface area contributed by atoms with E-state index in [1.807, 2.05) is 32.0 Å². The topological polar surface area (TPSA) is 74.7 Å². The summed E-state index contributed by atoms with van der Waals surface area (Å²) in [5, 5.41) is 8.94. The molecule has 5 heteroatoms. The first-order valence-electron chi connectivity index (χ1n) is 7.49. The zero-order valence-electron chi connectivity index (χ0n) is 13.0. The van der Waals surface area contributed by atoms with Crippen molar-refractivity contribution < 1.29 is 19.5 Å². The molecule has 0 bridgehead atoms. The molecule has 1 aliphatic rings. The molecule has 1 aromatic rings. The molecule has 0 radical (unpaired) electrons. The second-order valence-electron chi connectivity index (χ2n) is 5.91. The Kier molecular flexibility index (Phi) is 4.96. The number of likely N-dealkylation sites (tertiary alicyclic amines) is 1. The van der Waals surface area contributed by atoms with Gasteiger partial charge in [-0.15, -0.1) is 0 Å². The highest BCUT2D eigenvalue weighted by Crippen LogP contribution is 2.19. The molecule has 0 saturated carbocycles. The molecule has 1 saturated heterocycles. The standard InChI is InChI=1S/C17H21NO4/c1-11-3-4-12(2)14(9-11)15(19)5-6-16(20)18-8-7-13(10-18)17(21)22/h3-4,9,13H,5-8,10H2,1-2H3,(H,21,22). The lowest BCUT2D eigenvalue weighted by Gasteiger charge is -2.15. The number of Topliss-reactive ketones (excluding diaryl/α,β-unsaturated/α-hetero) is 1. The van der Waals surface area contributed by atoms with Crippen LogP contribution in [0, 0.1) is 19.8 Å². The van der Waals surface area contributed by atoms with Crippen molar-refractivity contribution in [3.63, 3.8) is 0 Å². The lowest BCUT2D eigenvalue weighted by molar-refractivity contribution is -0.141. The summed E-state index contributed by atoms with van der Waals surface area (Å²) in [6.45, 7) is 4.53. The largest absolute Gasteiger partial charge is 0.481 e. The minimum atomic E-state index is -0.859. The summed E-state index contributed by atoms with van der Waals surface area (Å²) < 4.78 is 0. The molecular weight excluding hydrogens is 282 g/mol. The van der Waals surface area contributed by atoms with Gasteiger partial charge in [-0.1, -0.05) is 17.7 Å². The molecule has 118 valence electrons. The molecule has 1 N–H and O–H groups in total. The molecule has 2 rings (SSSR count). The van der Waals surface area contributed by atoms with Crippen LogP contribution in [0.4, 0.5) is 0 Å². The lowest BCUT2D eigenvalue weighted by Crippen LogP contribution is -2.30. The molecule has 0 spiro atoms. The number of nitrogens with zero attached hydrogens (tertiary/aromatic N) is 1. The number of rotatable bonds is 5. The van der Waals surface area contributed by atoms with E-state index in [4.69, 9.17) is 5.11 Å². The Hall–Kier alpha value is -2.17. The monoisotopic (exact) mass is 303 g/mol. The number of carbonyl (C=O) groups is 3. The highest BCUT2D eigenvalue weighted by Gasteiger charge is 2.30. The third kappa shape index (κ3) is 3.72. The number of ketones is 1. The van der Waals surface area contributed by atoms with Gasteiger partial charge in [0, 0.05) is 31.5 Å². The van der Waals surface area contributed by atoms with Gasteiger partial charge in [-0.2, -0.15) is 0 Å². The Balaban J connectivity index is 1.90. The minimum Gasteiger partial charge on any atom is -0.481 e. The molecule has 0 aliphatic carbocycles. The van der Waals surface area contributed by atoms with Gasteiger partial charge in [-0.3, -0.25) is 14.4 Å². The summed E-state index contributed by atoms with van der Waals surface area (Å²) in [5.41, 5.74) is 2.59. The van der Waals surface area contributed by atoms with Crippen molar-refractivity contribution in [3.8, 4) is 0 Å². The van der Waals surface area contributed by atoms with E-state index in [9.17, 15) is 14.4 Å². The molecule has 1 fully saturated rings. The van der Waals surface area contributed by atoms with Crippen LogP contribution in [-0.4, -0.2) is 40.8 Å². The summed E-state index contributed by atoms with van der Waals surface area (Å²) in [6.07, 6.45) is 0.794. The van der Waals surface area contributed by atoms with Gasteiger partial charge >= 0.3 is 5.97 Å². The van der Waals surface area contributed by atoms with Crippen molar-refractivity contribution in [1.29, 1.82) is 0 Å². The molecule has 1 heterocycles. The van der Waals surface area contributed by atoms with Crippen LogP contribution in [0.5, 0.6) is 0 Å². The highest BCUT2D eigenvalue weighted by molar-refractivity contribution is 5.99. The first-order valence-corrected chi connectivity index (χ1v) is 7.49. The van der Waals surface area contributed by atoms with Gasteiger partial charge in [-0.05, 0) is 31.9 Å². The SMILES string of the molecule is Cc1ccc(C)c(C(=O)CCC(=O)N2CCC(C(=O)O)C2)c1. The maximum Gasteiger partial charge on any atom is 0.308 e. The number of carboxylic acid groups (broad SMARTS) is 1. The zero-order chi connectivity index (χ0) is 16.3.